The van der Waals surface area contributed by atoms with E-state index in [9.17, 15) is 13.6 Å². The molecule has 4 heteroatoms. The highest BCUT2D eigenvalue weighted by molar-refractivity contribution is 5.89. The Morgan fingerprint density at radius 1 is 1.43 bits per heavy atom. The van der Waals surface area contributed by atoms with Gasteiger partial charge in [-0.25, -0.2) is 13.6 Å². The fourth-order valence-electron chi connectivity index (χ4n) is 1.47. The minimum atomic E-state index is -0.763. The first kappa shape index (κ1) is 16.4. The molecule has 0 heterocycles. The Hall–Kier alpha value is -2.67. The highest BCUT2D eigenvalue weighted by Crippen LogP contribution is 2.13. The van der Waals surface area contributed by atoms with Gasteiger partial charge in [0.05, 0.1) is 18.2 Å². The Labute approximate surface area is 122 Å². The van der Waals surface area contributed by atoms with Crippen LogP contribution >= 0.6 is 0 Å². The highest BCUT2D eigenvalue weighted by Gasteiger charge is 2.11. The molecule has 0 fully saturated rings. The molecule has 0 spiro atoms. The number of halogens is 2. The van der Waals surface area contributed by atoms with Crippen molar-refractivity contribution in [1.82, 2.24) is 0 Å². The molecule has 0 bridgehead atoms. The van der Waals surface area contributed by atoms with E-state index in [1.165, 1.54) is 37.5 Å². The number of benzene rings is 1. The summed E-state index contributed by atoms with van der Waals surface area (Å²) >= 11 is 0. The fraction of sp³-hybridized carbons (Fsp3) is 0.118. The summed E-state index contributed by atoms with van der Waals surface area (Å²) in [7, 11) is 1.17. The van der Waals surface area contributed by atoms with Crippen LogP contribution in [0, 0.1) is 17.7 Å². The zero-order chi connectivity index (χ0) is 15.8. The highest BCUT2D eigenvalue weighted by atomic mass is 19.1. The van der Waals surface area contributed by atoms with Crippen LogP contribution in [-0.4, -0.2) is 13.1 Å². The van der Waals surface area contributed by atoms with Gasteiger partial charge in [-0.05, 0) is 31.2 Å². The third-order valence-electron chi connectivity index (χ3n) is 2.53. The molecule has 0 aliphatic carbocycles. The van der Waals surface area contributed by atoms with Crippen molar-refractivity contribution in [3.05, 3.63) is 71.4 Å². The number of hydrogen-bond acceptors (Lipinski definition) is 2. The minimum Gasteiger partial charge on any atom is -0.465 e. The molecular weight excluding hydrogens is 274 g/mol. The van der Waals surface area contributed by atoms with E-state index in [1.54, 1.807) is 6.92 Å². The Balaban J connectivity index is 3.08. The molecule has 0 saturated carbocycles. The molecule has 0 unspecified atom stereocenters. The summed E-state index contributed by atoms with van der Waals surface area (Å²) in [4.78, 5) is 11.2. The number of rotatable bonds is 3. The molecule has 0 aliphatic heterocycles. The van der Waals surface area contributed by atoms with Gasteiger partial charge < -0.3 is 4.74 Å². The molecule has 0 radical (unpaired) electrons. The number of allylic oxidation sites excluding steroid dienone is 5. The molecule has 0 aliphatic rings. The first-order chi connectivity index (χ1) is 10.0. The van der Waals surface area contributed by atoms with Gasteiger partial charge in [0.25, 0.3) is 0 Å². The summed E-state index contributed by atoms with van der Waals surface area (Å²) in [6, 6.07) is 3.84. The number of carbonyl (C=O) groups excluding carboxylic acids is 1. The van der Waals surface area contributed by atoms with Crippen molar-refractivity contribution < 1.29 is 18.3 Å². The first-order valence-electron chi connectivity index (χ1n) is 6.08. The van der Waals surface area contributed by atoms with Gasteiger partial charge in [-0.2, -0.15) is 0 Å². The van der Waals surface area contributed by atoms with Gasteiger partial charge in [0.15, 0.2) is 0 Å². The molecule has 0 aromatic heterocycles. The summed E-state index contributed by atoms with van der Waals surface area (Å²) in [6.45, 7) is 5.04. The monoisotopic (exact) mass is 288 g/mol. The van der Waals surface area contributed by atoms with Gasteiger partial charge in [0, 0.05) is 5.56 Å². The Morgan fingerprint density at radius 3 is 2.67 bits per heavy atom. The van der Waals surface area contributed by atoms with Crippen molar-refractivity contribution in [3.8, 4) is 11.8 Å². The zero-order valence-electron chi connectivity index (χ0n) is 11.7. The quantitative estimate of drug-likeness (QED) is 0.478. The van der Waals surface area contributed by atoms with Crippen LogP contribution in [0.4, 0.5) is 8.78 Å². The Kier molecular flexibility index (Phi) is 6.09. The summed E-state index contributed by atoms with van der Waals surface area (Å²) in [5, 5.41) is 0. The molecule has 2 nitrogen and oxygen atoms in total. The van der Waals surface area contributed by atoms with Crippen molar-refractivity contribution in [3.63, 3.8) is 0 Å². The van der Waals surface area contributed by atoms with Gasteiger partial charge in [0.1, 0.15) is 11.6 Å². The summed E-state index contributed by atoms with van der Waals surface area (Å²) in [5.74, 6) is 3.21. The van der Waals surface area contributed by atoms with E-state index >= 15 is 0 Å². The molecule has 0 amide bonds. The second-order valence-electron chi connectivity index (χ2n) is 3.89. The van der Waals surface area contributed by atoms with Crippen LogP contribution in [0.2, 0.25) is 0 Å². The molecule has 108 valence electrons. The third kappa shape index (κ3) is 4.43. The first-order valence-corrected chi connectivity index (χ1v) is 6.08. The maximum atomic E-state index is 13.7. The standard InChI is InChI=1S/C17H14F2O2/c1-4-6-15(18)13(5-2)9-7-12-8-10-14(16(19)11-12)17(20)21-3/h4-6,8,10-11H,1H2,2-3H3/b13-5-,15-6+. The summed E-state index contributed by atoms with van der Waals surface area (Å²) < 4.78 is 31.7. The van der Waals surface area contributed by atoms with Crippen LogP contribution in [0.15, 0.2) is 54.4 Å². The molecule has 0 N–H and O–H groups in total. The van der Waals surface area contributed by atoms with Gasteiger partial charge in [-0.3, -0.25) is 0 Å². The number of esters is 1. The number of hydrogen-bond donors (Lipinski definition) is 0. The van der Waals surface area contributed by atoms with Crippen LogP contribution in [0.25, 0.3) is 0 Å². The predicted molar refractivity (Wildman–Crippen MR) is 77.8 cm³/mol. The molecule has 1 rings (SSSR count). The van der Waals surface area contributed by atoms with Crippen LogP contribution in [0.3, 0.4) is 0 Å². The molecule has 1 aromatic rings. The number of ether oxygens (including phenoxy) is 1. The van der Waals surface area contributed by atoms with E-state index in [-0.39, 0.29) is 11.1 Å². The van der Waals surface area contributed by atoms with E-state index in [2.05, 4.69) is 23.2 Å². The number of methoxy groups -OCH3 is 1. The van der Waals surface area contributed by atoms with Gasteiger partial charge in [0.2, 0.25) is 0 Å². The number of carbonyl (C=O) groups is 1. The molecule has 1 aromatic carbocycles. The van der Waals surface area contributed by atoms with E-state index in [4.69, 9.17) is 0 Å². The molecule has 0 saturated heterocycles. The maximum absolute atomic E-state index is 13.7. The average Bonchev–Trinajstić information content (AvgIpc) is 2.47. The average molecular weight is 288 g/mol. The lowest BCUT2D eigenvalue weighted by molar-refractivity contribution is 0.0595. The van der Waals surface area contributed by atoms with E-state index in [0.717, 1.165) is 6.07 Å². The smallest absolute Gasteiger partial charge is 0.340 e. The van der Waals surface area contributed by atoms with Crippen LogP contribution < -0.4 is 0 Å². The lowest BCUT2D eigenvalue weighted by atomic mass is 10.1. The topological polar surface area (TPSA) is 26.3 Å². The van der Waals surface area contributed by atoms with Crippen LogP contribution in [0.1, 0.15) is 22.8 Å². The fourth-order valence-corrected chi connectivity index (χ4v) is 1.47. The van der Waals surface area contributed by atoms with Gasteiger partial charge >= 0.3 is 5.97 Å². The van der Waals surface area contributed by atoms with E-state index < -0.39 is 17.6 Å². The van der Waals surface area contributed by atoms with Crippen LogP contribution in [0.5, 0.6) is 0 Å². The second kappa shape index (κ2) is 7.81. The third-order valence-corrected chi connectivity index (χ3v) is 2.53. The van der Waals surface area contributed by atoms with E-state index in [1.807, 2.05) is 0 Å². The second-order valence-corrected chi connectivity index (χ2v) is 3.89. The normalized spacial score (nSPS) is 11.4. The minimum absolute atomic E-state index is 0.173. The molecular formula is C17H14F2O2. The Bertz CT molecular complexity index is 674. The van der Waals surface area contributed by atoms with Crippen LogP contribution in [-0.2, 0) is 4.74 Å². The largest absolute Gasteiger partial charge is 0.465 e. The van der Waals surface area contributed by atoms with Crippen molar-refractivity contribution in [2.75, 3.05) is 7.11 Å². The van der Waals surface area contributed by atoms with E-state index in [0.29, 0.717) is 5.56 Å². The predicted octanol–water partition coefficient (Wildman–Crippen LogP) is 3.95. The van der Waals surface area contributed by atoms with Crippen molar-refractivity contribution in [2.24, 2.45) is 0 Å². The SMILES string of the molecule is C=C/C=C(F)\C(C#Cc1ccc(C(=O)OC)c(F)c1)=C/C. The van der Waals surface area contributed by atoms with Gasteiger partial charge in [-0.1, -0.05) is 30.6 Å². The zero-order valence-corrected chi connectivity index (χ0v) is 11.7. The maximum Gasteiger partial charge on any atom is 0.340 e. The summed E-state index contributed by atoms with van der Waals surface area (Å²) in [6.07, 6.45) is 4.00. The lowest BCUT2D eigenvalue weighted by Crippen LogP contribution is -2.04. The van der Waals surface area contributed by atoms with Crippen molar-refractivity contribution in [2.45, 2.75) is 6.92 Å². The molecule has 21 heavy (non-hydrogen) atoms. The van der Waals surface area contributed by atoms with Crippen molar-refractivity contribution in [1.29, 1.82) is 0 Å². The summed E-state index contributed by atoms with van der Waals surface area (Å²) in [5.41, 5.74) is 0.324. The Morgan fingerprint density at radius 2 is 2.14 bits per heavy atom. The lowest BCUT2D eigenvalue weighted by Gasteiger charge is -2.01. The van der Waals surface area contributed by atoms with Crippen molar-refractivity contribution >= 4 is 5.97 Å². The van der Waals surface area contributed by atoms with Gasteiger partial charge in [-0.15, -0.1) is 0 Å². The molecule has 0 atom stereocenters.